The first-order chi connectivity index (χ1) is 16.6. The maximum absolute atomic E-state index is 13.5. The van der Waals surface area contributed by atoms with Crippen LogP contribution in [0.25, 0.3) is 0 Å². The fourth-order valence-corrected chi connectivity index (χ4v) is 4.65. The van der Waals surface area contributed by atoms with E-state index in [1.807, 2.05) is 83.8 Å². The van der Waals surface area contributed by atoms with Crippen LogP contribution in [-0.2, 0) is 10.4 Å². The van der Waals surface area contributed by atoms with Gasteiger partial charge in [-0.15, -0.1) is 0 Å². The summed E-state index contributed by atoms with van der Waals surface area (Å²) in [5, 5.41) is 3.62. The highest BCUT2D eigenvalue weighted by Gasteiger charge is 2.43. The maximum Gasteiger partial charge on any atom is 0.258 e. The summed E-state index contributed by atoms with van der Waals surface area (Å²) < 4.78 is 17.4. The SMILES string of the molecule is CC1(c2ccc(OCCOc3ccccc3)cc2)Nc2ccccc2C(=O)N1CC1CCCO1. The first kappa shape index (κ1) is 22.3. The molecule has 3 aromatic rings. The predicted octanol–water partition coefficient (Wildman–Crippen LogP) is 5.06. The quantitative estimate of drug-likeness (QED) is 0.478. The number of hydrogen-bond acceptors (Lipinski definition) is 5. The summed E-state index contributed by atoms with van der Waals surface area (Å²) in [6.07, 6.45) is 2.06. The number of fused-ring (bicyclic) bond motifs is 1. The normalized spacial score (nSPS) is 21.6. The summed E-state index contributed by atoms with van der Waals surface area (Å²) in [6.45, 7) is 4.27. The molecule has 2 atom stereocenters. The van der Waals surface area contributed by atoms with Gasteiger partial charge < -0.3 is 24.4 Å². The maximum atomic E-state index is 13.5. The third-order valence-corrected chi connectivity index (χ3v) is 6.51. The summed E-state index contributed by atoms with van der Waals surface area (Å²) in [4.78, 5) is 15.5. The lowest BCUT2D eigenvalue weighted by atomic mass is 9.93. The average molecular weight is 459 g/mol. The van der Waals surface area contributed by atoms with Gasteiger partial charge in [0.1, 0.15) is 30.4 Å². The molecule has 176 valence electrons. The van der Waals surface area contributed by atoms with Gasteiger partial charge >= 0.3 is 0 Å². The van der Waals surface area contributed by atoms with Gasteiger partial charge in [0.15, 0.2) is 0 Å². The molecular formula is C28H30N2O4. The monoisotopic (exact) mass is 458 g/mol. The Hall–Kier alpha value is -3.51. The van der Waals surface area contributed by atoms with Gasteiger partial charge in [-0.2, -0.15) is 0 Å². The van der Waals surface area contributed by atoms with E-state index >= 15 is 0 Å². The van der Waals surface area contributed by atoms with Crippen LogP contribution in [0.15, 0.2) is 78.9 Å². The molecule has 0 aromatic heterocycles. The predicted molar refractivity (Wildman–Crippen MR) is 131 cm³/mol. The van der Waals surface area contributed by atoms with Crippen molar-refractivity contribution in [2.45, 2.75) is 31.5 Å². The van der Waals surface area contributed by atoms with Crippen molar-refractivity contribution >= 4 is 11.6 Å². The Bertz CT molecular complexity index is 1110. The molecule has 5 rings (SSSR count). The fourth-order valence-electron chi connectivity index (χ4n) is 4.65. The Morgan fingerprint density at radius 2 is 1.62 bits per heavy atom. The molecule has 1 N–H and O–H groups in total. The van der Waals surface area contributed by atoms with Crippen molar-refractivity contribution in [3.63, 3.8) is 0 Å². The molecule has 2 unspecified atom stereocenters. The van der Waals surface area contributed by atoms with E-state index in [9.17, 15) is 4.79 Å². The number of ether oxygens (including phenoxy) is 3. The number of nitrogens with one attached hydrogen (secondary N) is 1. The number of para-hydroxylation sites is 2. The zero-order chi connectivity index (χ0) is 23.4. The molecule has 0 bridgehead atoms. The molecular weight excluding hydrogens is 428 g/mol. The van der Waals surface area contributed by atoms with Gasteiger partial charge in [0, 0.05) is 18.8 Å². The number of rotatable bonds is 8. The molecule has 1 fully saturated rings. The highest BCUT2D eigenvalue weighted by molar-refractivity contribution is 6.02. The van der Waals surface area contributed by atoms with Gasteiger partial charge in [0.05, 0.1) is 11.7 Å². The second-order valence-electron chi connectivity index (χ2n) is 8.83. The van der Waals surface area contributed by atoms with Crippen LogP contribution < -0.4 is 14.8 Å². The van der Waals surface area contributed by atoms with E-state index in [0.29, 0.717) is 25.3 Å². The lowest BCUT2D eigenvalue weighted by Gasteiger charge is -2.47. The Morgan fingerprint density at radius 3 is 2.32 bits per heavy atom. The van der Waals surface area contributed by atoms with Crippen LogP contribution in [0.1, 0.15) is 35.7 Å². The standard InChI is InChI=1S/C28H30N2O4/c1-28(21-13-15-23(16-14-21)34-19-18-33-22-8-3-2-4-9-22)29-26-12-6-5-11-25(26)27(31)30(28)20-24-10-7-17-32-24/h2-6,8-9,11-16,24,29H,7,10,17-20H2,1H3. The Kier molecular flexibility index (Phi) is 6.41. The lowest BCUT2D eigenvalue weighted by Crippen LogP contribution is -2.57. The van der Waals surface area contributed by atoms with Gasteiger partial charge in [-0.05, 0) is 61.7 Å². The van der Waals surface area contributed by atoms with Gasteiger partial charge in [0.25, 0.3) is 5.91 Å². The van der Waals surface area contributed by atoms with E-state index in [2.05, 4.69) is 12.2 Å². The number of hydrogen-bond donors (Lipinski definition) is 1. The molecule has 0 radical (unpaired) electrons. The highest BCUT2D eigenvalue weighted by Crippen LogP contribution is 2.39. The highest BCUT2D eigenvalue weighted by atomic mass is 16.5. The van der Waals surface area contributed by atoms with Crippen molar-refractivity contribution < 1.29 is 19.0 Å². The van der Waals surface area contributed by atoms with Gasteiger partial charge in [-0.25, -0.2) is 0 Å². The molecule has 2 aliphatic heterocycles. The van der Waals surface area contributed by atoms with Gasteiger partial charge in [-0.3, -0.25) is 4.79 Å². The van der Waals surface area contributed by atoms with Crippen molar-refractivity contribution in [3.8, 4) is 11.5 Å². The molecule has 1 saturated heterocycles. The molecule has 0 spiro atoms. The number of carbonyl (C=O) groups is 1. The molecule has 0 saturated carbocycles. The molecule has 2 aliphatic rings. The fraction of sp³-hybridized carbons (Fsp3) is 0.321. The van der Waals surface area contributed by atoms with Crippen LogP contribution in [0.5, 0.6) is 11.5 Å². The van der Waals surface area contributed by atoms with E-state index in [4.69, 9.17) is 14.2 Å². The minimum absolute atomic E-state index is 0.0192. The molecule has 6 heteroatoms. The van der Waals surface area contributed by atoms with Crippen LogP contribution >= 0.6 is 0 Å². The van der Waals surface area contributed by atoms with E-state index < -0.39 is 5.66 Å². The average Bonchev–Trinajstić information content (AvgIpc) is 3.39. The number of amides is 1. The van der Waals surface area contributed by atoms with Gasteiger partial charge in [0.2, 0.25) is 0 Å². The largest absolute Gasteiger partial charge is 0.490 e. The number of nitrogens with zero attached hydrogens (tertiary/aromatic N) is 1. The first-order valence-electron chi connectivity index (χ1n) is 11.9. The van der Waals surface area contributed by atoms with Gasteiger partial charge in [-0.1, -0.05) is 42.5 Å². The summed E-state index contributed by atoms with van der Waals surface area (Å²) in [6, 6.07) is 25.3. The van der Waals surface area contributed by atoms with Crippen LogP contribution in [0, 0.1) is 0 Å². The molecule has 3 aromatic carbocycles. The molecule has 34 heavy (non-hydrogen) atoms. The zero-order valence-electron chi connectivity index (χ0n) is 19.4. The first-order valence-corrected chi connectivity index (χ1v) is 11.9. The third kappa shape index (κ3) is 4.59. The van der Waals surface area contributed by atoms with Crippen molar-refractivity contribution in [1.82, 2.24) is 4.90 Å². The minimum Gasteiger partial charge on any atom is -0.490 e. The topological polar surface area (TPSA) is 60.0 Å². The van der Waals surface area contributed by atoms with Crippen LogP contribution in [0.4, 0.5) is 5.69 Å². The number of anilines is 1. The van der Waals surface area contributed by atoms with Crippen molar-refractivity contribution in [1.29, 1.82) is 0 Å². The summed E-state index contributed by atoms with van der Waals surface area (Å²) in [5.41, 5.74) is 1.82. The van der Waals surface area contributed by atoms with Crippen LogP contribution in [-0.4, -0.2) is 43.3 Å². The minimum atomic E-state index is -0.702. The van der Waals surface area contributed by atoms with E-state index in [1.54, 1.807) is 0 Å². The smallest absolute Gasteiger partial charge is 0.258 e. The molecule has 0 aliphatic carbocycles. The summed E-state index contributed by atoms with van der Waals surface area (Å²) >= 11 is 0. The molecule has 2 heterocycles. The zero-order valence-corrected chi connectivity index (χ0v) is 19.4. The van der Waals surface area contributed by atoms with Crippen molar-refractivity contribution in [2.75, 3.05) is 31.7 Å². The molecule has 1 amide bonds. The third-order valence-electron chi connectivity index (χ3n) is 6.51. The molecule has 6 nitrogen and oxygen atoms in total. The van der Waals surface area contributed by atoms with Crippen molar-refractivity contribution in [2.24, 2.45) is 0 Å². The number of benzene rings is 3. The van der Waals surface area contributed by atoms with E-state index in [-0.39, 0.29) is 12.0 Å². The van der Waals surface area contributed by atoms with Crippen molar-refractivity contribution in [3.05, 3.63) is 90.0 Å². The number of carbonyl (C=O) groups excluding carboxylic acids is 1. The summed E-state index contributed by atoms with van der Waals surface area (Å²) in [7, 11) is 0. The summed E-state index contributed by atoms with van der Waals surface area (Å²) in [5.74, 6) is 1.61. The van der Waals surface area contributed by atoms with Crippen LogP contribution in [0.2, 0.25) is 0 Å². The second kappa shape index (κ2) is 9.77. The van der Waals surface area contributed by atoms with E-state index in [1.165, 1.54) is 0 Å². The van der Waals surface area contributed by atoms with Crippen LogP contribution in [0.3, 0.4) is 0 Å². The second-order valence-corrected chi connectivity index (χ2v) is 8.83. The lowest BCUT2D eigenvalue weighted by molar-refractivity contribution is 0.0242. The Balaban J connectivity index is 1.31. The Morgan fingerprint density at radius 1 is 0.941 bits per heavy atom. The Labute approximate surface area is 200 Å². The van der Waals surface area contributed by atoms with E-state index in [0.717, 1.165) is 42.2 Å².